The van der Waals surface area contributed by atoms with E-state index in [1.165, 1.54) is 18.4 Å². The number of fused-ring (bicyclic) bond motifs is 4. The van der Waals surface area contributed by atoms with Crippen molar-refractivity contribution in [3.8, 4) is 17.2 Å². The van der Waals surface area contributed by atoms with Crippen molar-refractivity contribution in [2.75, 3.05) is 14.2 Å². The molecule has 5 heteroatoms. The second-order valence-electron chi connectivity index (χ2n) is 7.47. The number of hydrogen-bond acceptors (Lipinski definition) is 5. The number of hydrazone groups is 1. The summed E-state index contributed by atoms with van der Waals surface area (Å²) in [6.07, 6.45) is 5.26. The molecule has 5 nitrogen and oxygen atoms in total. The van der Waals surface area contributed by atoms with Gasteiger partial charge in [-0.1, -0.05) is 18.2 Å². The molecule has 0 unspecified atom stereocenters. The first kappa shape index (κ1) is 16.5. The van der Waals surface area contributed by atoms with Crippen LogP contribution in [-0.2, 0) is 0 Å². The van der Waals surface area contributed by atoms with Crippen LogP contribution in [0.5, 0.6) is 17.2 Å². The maximum atomic E-state index is 6.54. The lowest BCUT2D eigenvalue weighted by Gasteiger charge is -2.45. The molecule has 0 N–H and O–H groups in total. The summed E-state index contributed by atoms with van der Waals surface area (Å²) in [7, 11) is 3.36. The van der Waals surface area contributed by atoms with E-state index in [0.717, 1.165) is 47.8 Å². The van der Waals surface area contributed by atoms with E-state index in [9.17, 15) is 0 Å². The van der Waals surface area contributed by atoms with Crippen LogP contribution in [-0.4, -0.2) is 30.7 Å². The van der Waals surface area contributed by atoms with Gasteiger partial charge in [0.15, 0.2) is 5.72 Å². The van der Waals surface area contributed by atoms with Crippen LogP contribution in [0.4, 0.5) is 0 Å². The van der Waals surface area contributed by atoms with Gasteiger partial charge in [0, 0.05) is 36.5 Å². The average Bonchev–Trinajstić information content (AvgIpc) is 3.36. The van der Waals surface area contributed by atoms with E-state index in [2.05, 4.69) is 29.3 Å². The van der Waals surface area contributed by atoms with Gasteiger partial charge in [0.25, 0.3) is 0 Å². The van der Waals surface area contributed by atoms with Crippen molar-refractivity contribution >= 4 is 5.71 Å². The van der Waals surface area contributed by atoms with E-state index in [4.69, 9.17) is 19.3 Å². The zero-order valence-electron chi connectivity index (χ0n) is 15.8. The van der Waals surface area contributed by atoms with Crippen molar-refractivity contribution in [1.82, 2.24) is 5.01 Å². The molecule has 0 bridgehead atoms. The van der Waals surface area contributed by atoms with Crippen molar-refractivity contribution in [2.24, 2.45) is 5.10 Å². The molecule has 0 radical (unpaired) electrons. The Morgan fingerprint density at radius 1 is 1.07 bits per heavy atom. The Labute approximate surface area is 159 Å². The third-order valence-corrected chi connectivity index (χ3v) is 6.01. The second kappa shape index (κ2) is 6.19. The highest BCUT2D eigenvalue weighted by Crippen LogP contribution is 2.52. The van der Waals surface area contributed by atoms with Crippen LogP contribution in [0.25, 0.3) is 0 Å². The van der Waals surface area contributed by atoms with Gasteiger partial charge in [-0.2, -0.15) is 5.10 Å². The summed E-state index contributed by atoms with van der Waals surface area (Å²) in [5.41, 5.74) is 2.99. The summed E-state index contributed by atoms with van der Waals surface area (Å²) in [4.78, 5) is 0. The van der Waals surface area contributed by atoms with Crippen molar-refractivity contribution in [3.05, 3.63) is 53.6 Å². The fourth-order valence-electron chi connectivity index (χ4n) is 4.69. The van der Waals surface area contributed by atoms with E-state index < -0.39 is 0 Å². The predicted molar refractivity (Wildman–Crippen MR) is 104 cm³/mol. The summed E-state index contributed by atoms with van der Waals surface area (Å²) in [6.45, 7) is 0. The van der Waals surface area contributed by atoms with Gasteiger partial charge in [-0.15, -0.1) is 0 Å². The van der Waals surface area contributed by atoms with Gasteiger partial charge in [-0.25, -0.2) is 5.01 Å². The Morgan fingerprint density at radius 2 is 1.89 bits per heavy atom. The molecule has 1 saturated carbocycles. The molecule has 0 aromatic heterocycles. The van der Waals surface area contributed by atoms with Crippen LogP contribution in [0.2, 0.25) is 0 Å². The molecule has 5 rings (SSSR count). The molecule has 0 amide bonds. The zero-order chi connectivity index (χ0) is 18.4. The van der Waals surface area contributed by atoms with E-state index in [0.29, 0.717) is 0 Å². The SMILES string of the molecule is COc1ccc(C2=NN3[C@@H](C2)c2ccccc2OC32CCCC2)c(OC)c1. The lowest BCUT2D eigenvalue weighted by molar-refractivity contribution is -0.114. The van der Waals surface area contributed by atoms with Crippen molar-refractivity contribution < 1.29 is 14.2 Å². The molecular weight excluding hydrogens is 340 g/mol. The number of para-hydroxylation sites is 1. The van der Waals surface area contributed by atoms with Crippen LogP contribution in [0, 0.1) is 0 Å². The minimum atomic E-state index is -0.305. The molecule has 1 aliphatic carbocycles. The third kappa shape index (κ3) is 2.48. The lowest BCUT2D eigenvalue weighted by Crippen LogP contribution is -2.51. The van der Waals surface area contributed by atoms with Gasteiger partial charge in [0.2, 0.25) is 0 Å². The number of methoxy groups -OCH3 is 2. The van der Waals surface area contributed by atoms with E-state index in [1.54, 1.807) is 14.2 Å². The molecule has 2 aromatic carbocycles. The Kier molecular flexibility index (Phi) is 3.78. The van der Waals surface area contributed by atoms with Crippen molar-refractivity contribution in [3.63, 3.8) is 0 Å². The summed E-state index contributed by atoms with van der Waals surface area (Å²) in [5.74, 6) is 2.59. The maximum Gasteiger partial charge on any atom is 0.198 e. The Bertz CT molecular complexity index is 902. The molecule has 1 spiro atoms. The molecule has 0 saturated heterocycles. The monoisotopic (exact) mass is 364 g/mol. The fourth-order valence-corrected chi connectivity index (χ4v) is 4.69. The fraction of sp³-hybridized carbons (Fsp3) is 0.409. The summed E-state index contributed by atoms with van der Waals surface area (Å²) in [6, 6.07) is 14.5. The molecule has 3 aliphatic rings. The maximum absolute atomic E-state index is 6.54. The average molecular weight is 364 g/mol. The van der Waals surface area contributed by atoms with E-state index in [1.807, 2.05) is 18.2 Å². The molecule has 27 heavy (non-hydrogen) atoms. The predicted octanol–water partition coefficient (Wildman–Crippen LogP) is 4.52. The highest BCUT2D eigenvalue weighted by molar-refractivity contribution is 6.04. The molecule has 2 heterocycles. The first-order valence-electron chi connectivity index (χ1n) is 9.61. The van der Waals surface area contributed by atoms with Crippen LogP contribution in [0.1, 0.15) is 49.3 Å². The van der Waals surface area contributed by atoms with Gasteiger partial charge in [0.1, 0.15) is 17.2 Å². The first-order chi connectivity index (χ1) is 13.2. The smallest absolute Gasteiger partial charge is 0.198 e. The summed E-state index contributed by atoms with van der Waals surface area (Å²) < 4.78 is 17.5. The lowest BCUT2D eigenvalue weighted by atomic mass is 9.94. The molecule has 1 atom stereocenters. The minimum absolute atomic E-state index is 0.217. The number of ether oxygens (including phenoxy) is 3. The number of rotatable bonds is 3. The van der Waals surface area contributed by atoms with Crippen molar-refractivity contribution in [1.29, 1.82) is 0 Å². The van der Waals surface area contributed by atoms with Gasteiger partial charge in [-0.05, 0) is 31.0 Å². The quantitative estimate of drug-likeness (QED) is 0.803. The molecule has 140 valence electrons. The van der Waals surface area contributed by atoms with Gasteiger partial charge in [-0.3, -0.25) is 0 Å². The number of benzene rings is 2. The van der Waals surface area contributed by atoms with Crippen LogP contribution in [0.3, 0.4) is 0 Å². The summed E-state index contributed by atoms with van der Waals surface area (Å²) in [5, 5.41) is 7.32. The van der Waals surface area contributed by atoms with E-state index >= 15 is 0 Å². The highest BCUT2D eigenvalue weighted by atomic mass is 16.5. The van der Waals surface area contributed by atoms with E-state index in [-0.39, 0.29) is 11.8 Å². The first-order valence-corrected chi connectivity index (χ1v) is 9.61. The van der Waals surface area contributed by atoms with Crippen LogP contribution < -0.4 is 14.2 Å². The molecule has 2 aromatic rings. The van der Waals surface area contributed by atoms with Gasteiger partial charge >= 0.3 is 0 Å². The molecular formula is C22H24N2O3. The van der Waals surface area contributed by atoms with Crippen molar-refractivity contribution in [2.45, 2.75) is 43.9 Å². The largest absolute Gasteiger partial charge is 0.497 e. The van der Waals surface area contributed by atoms with Gasteiger partial charge in [0.05, 0.1) is 26.0 Å². The number of hydrogen-bond donors (Lipinski definition) is 0. The molecule has 2 aliphatic heterocycles. The Balaban J connectivity index is 1.59. The normalized spacial score (nSPS) is 22.1. The highest BCUT2D eigenvalue weighted by Gasteiger charge is 2.51. The standard InChI is InChI=1S/C22H24N2O3/c1-25-15-9-10-16(21(13-15)26-2)18-14-19-17-7-3-4-8-20(17)27-22(24(19)23-18)11-5-6-12-22/h3-4,7-10,13,19H,5-6,11-12,14H2,1-2H3/t19-/m0/s1. The van der Waals surface area contributed by atoms with Crippen LogP contribution >= 0.6 is 0 Å². The topological polar surface area (TPSA) is 43.3 Å². The summed E-state index contributed by atoms with van der Waals surface area (Å²) >= 11 is 0. The molecule has 1 fully saturated rings. The Hall–Kier alpha value is -2.69. The van der Waals surface area contributed by atoms with Crippen LogP contribution in [0.15, 0.2) is 47.6 Å². The zero-order valence-corrected chi connectivity index (χ0v) is 15.8. The third-order valence-electron chi connectivity index (χ3n) is 6.01. The number of nitrogens with zero attached hydrogens (tertiary/aromatic N) is 2. The minimum Gasteiger partial charge on any atom is -0.497 e. The Morgan fingerprint density at radius 3 is 2.67 bits per heavy atom. The second-order valence-corrected chi connectivity index (χ2v) is 7.47. The van der Waals surface area contributed by atoms with Gasteiger partial charge < -0.3 is 14.2 Å².